The first kappa shape index (κ1) is 15.8. The predicted octanol–water partition coefficient (Wildman–Crippen LogP) is 1.58. The van der Waals surface area contributed by atoms with Gasteiger partial charge >= 0.3 is 0 Å². The predicted molar refractivity (Wildman–Crippen MR) is 78.7 cm³/mol. The average Bonchev–Trinajstić information content (AvgIpc) is 2.34. The van der Waals surface area contributed by atoms with Crippen LogP contribution in [0.25, 0.3) is 0 Å². The summed E-state index contributed by atoms with van der Waals surface area (Å²) in [5.74, 6) is -0.309. The van der Waals surface area contributed by atoms with E-state index in [0.29, 0.717) is 29.5 Å². The van der Waals surface area contributed by atoms with Crippen molar-refractivity contribution in [1.82, 2.24) is 0 Å². The van der Waals surface area contributed by atoms with Gasteiger partial charge in [-0.15, -0.1) is 0 Å². The molecule has 0 aromatic heterocycles. The third-order valence-corrected chi connectivity index (χ3v) is 2.64. The van der Waals surface area contributed by atoms with Crippen molar-refractivity contribution in [2.45, 2.75) is 0 Å². The number of halogens is 1. The summed E-state index contributed by atoms with van der Waals surface area (Å²) in [4.78, 5) is 11.8. The Bertz CT molecular complexity index is 468. The summed E-state index contributed by atoms with van der Waals surface area (Å²) in [5, 5.41) is 3.13. The molecule has 0 atom stereocenters. The van der Waals surface area contributed by atoms with Gasteiger partial charge in [0.2, 0.25) is 5.91 Å². The zero-order chi connectivity index (χ0) is 14.3. The number of nitrogens with two attached hydrogens (primary N) is 1. The van der Waals surface area contributed by atoms with Crippen LogP contribution in [0.15, 0.2) is 18.2 Å². The van der Waals surface area contributed by atoms with E-state index in [-0.39, 0.29) is 17.5 Å². The first-order valence-corrected chi connectivity index (χ1v) is 6.29. The van der Waals surface area contributed by atoms with Gasteiger partial charge in [-0.1, -0.05) is 23.8 Å². The van der Waals surface area contributed by atoms with Crippen molar-refractivity contribution < 1.29 is 14.3 Å². The van der Waals surface area contributed by atoms with Crippen LogP contribution in [0.2, 0.25) is 5.02 Å². The highest BCUT2D eigenvalue weighted by Crippen LogP contribution is 2.21. The molecule has 0 heterocycles. The van der Waals surface area contributed by atoms with Crippen LogP contribution < -0.4 is 11.1 Å². The third kappa shape index (κ3) is 5.52. The third-order valence-electron chi connectivity index (χ3n) is 2.19. The topological polar surface area (TPSA) is 73.6 Å². The molecule has 0 spiro atoms. The Balaban J connectivity index is 2.62. The number of rotatable bonds is 7. The van der Waals surface area contributed by atoms with E-state index in [4.69, 9.17) is 39.0 Å². The van der Waals surface area contributed by atoms with E-state index in [9.17, 15) is 4.79 Å². The fourth-order valence-electron chi connectivity index (χ4n) is 1.33. The summed E-state index contributed by atoms with van der Waals surface area (Å²) in [6.45, 7) is 0.705. The first-order chi connectivity index (χ1) is 9.04. The van der Waals surface area contributed by atoms with Gasteiger partial charge in [0.05, 0.1) is 18.9 Å². The van der Waals surface area contributed by atoms with Crippen LogP contribution in [0, 0.1) is 0 Å². The number of methoxy groups -OCH3 is 1. The number of hydrogen-bond acceptors (Lipinski definition) is 4. The molecule has 19 heavy (non-hydrogen) atoms. The largest absolute Gasteiger partial charge is 0.389 e. The molecule has 0 saturated carbocycles. The van der Waals surface area contributed by atoms with Gasteiger partial charge in [-0.05, 0) is 18.2 Å². The van der Waals surface area contributed by atoms with Crippen LogP contribution in [0.1, 0.15) is 5.56 Å². The highest BCUT2D eigenvalue weighted by Gasteiger charge is 2.09. The second kappa shape index (κ2) is 8.06. The Morgan fingerprint density at radius 2 is 2.21 bits per heavy atom. The summed E-state index contributed by atoms with van der Waals surface area (Å²) < 4.78 is 9.90. The van der Waals surface area contributed by atoms with Crippen LogP contribution in [0.4, 0.5) is 5.69 Å². The van der Waals surface area contributed by atoms with Crippen molar-refractivity contribution in [3.8, 4) is 0 Å². The molecular formula is C12H15ClN2O3S. The molecule has 0 saturated heterocycles. The fourth-order valence-corrected chi connectivity index (χ4v) is 1.68. The van der Waals surface area contributed by atoms with Crippen molar-refractivity contribution >= 4 is 40.4 Å². The van der Waals surface area contributed by atoms with Gasteiger partial charge in [0.1, 0.15) is 11.6 Å². The average molecular weight is 303 g/mol. The van der Waals surface area contributed by atoms with Gasteiger partial charge in [-0.2, -0.15) is 0 Å². The standard InChI is InChI=1S/C12H15ClN2O3S/c1-17-4-5-18-7-11(16)15-10-6-8(13)2-3-9(10)12(14)19/h2-3,6H,4-5,7H2,1H3,(H2,14,19)(H,15,16). The molecule has 0 unspecified atom stereocenters. The smallest absolute Gasteiger partial charge is 0.250 e. The normalized spacial score (nSPS) is 10.2. The van der Waals surface area contributed by atoms with E-state index >= 15 is 0 Å². The zero-order valence-electron chi connectivity index (χ0n) is 10.4. The molecule has 1 amide bonds. The number of anilines is 1. The Labute approximate surface area is 122 Å². The Hall–Kier alpha value is -1.21. The highest BCUT2D eigenvalue weighted by atomic mass is 35.5. The lowest BCUT2D eigenvalue weighted by Gasteiger charge is -2.10. The van der Waals surface area contributed by atoms with Gasteiger partial charge in [0.25, 0.3) is 0 Å². The minimum Gasteiger partial charge on any atom is -0.389 e. The van der Waals surface area contributed by atoms with Gasteiger partial charge < -0.3 is 20.5 Å². The van der Waals surface area contributed by atoms with Crippen LogP contribution in [0.5, 0.6) is 0 Å². The SMILES string of the molecule is COCCOCC(=O)Nc1cc(Cl)ccc1C(N)=S. The van der Waals surface area contributed by atoms with E-state index in [1.54, 1.807) is 25.3 Å². The van der Waals surface area contributed by atoms with Crippen LogP contribution >= 0.6 is 23.8 Å². The second-order valence-electron chi connectivity index (χ2n) is 3.65. The maximum atomic E-state index is 11.7. The quantitative estimate of drug-likeness (QED) is 0.591. The maximum Gasteiger partial charge on any atom is 0.250 e. The van der Waals surface area contributed by atoms with E-state index in [0.717, 1.165) is 0 Å². The van der Waals surface area contributed by atoms with Gasteiger partial charge in [-0.3, -0.25) is 4.79 Å². The van der Waals surface area contributed by atoms with Crippen molar-refractivity contribution in [2.24, 2.45) is 5.73 Å². The van der Waals surface area contributed by atoms with Crippen molar-refractivity contribution in [3.05, 3.63) is 28.8 Å². The van der Waals surface area contributed by atoms with Crippen LogP contribution in [-0.4, -0.2) is 37.8 Å². The summed E-state index contributed by atoms with van der Waals surface area (Å²) in [6, 6.07) is 4.90. The molecule has 0 fully saturated rings. The summed E-state index contributed by atoms with van der Waals surface area (Å²) >= 11 is 10.8. The lowest BCUT2D eigenvalue weighted by atomic mass is 10.2. The van der Waals surface area contributed by atoms with Crippen LogP contribution in [0.3, 0.4) is 0 Å². The first-order valence-electron chi connectivity index (χ1n) is 5.50. The lowest BCUT2D eigenvalue weighted by molar-refractivity contribution is -0.121. The van der Waals surface area contributed by atoms with Crippen LogP contribution in [-0.2, 0) is 14.3 Å². The molecule has 0 aliphatic rings. The van der Waals surface area contributed by atoms with Crippen molar-refractivity contribution in [1.29, 1.82) is 0 Å². The molecule has 1 rings (SSSR count). The Morgan fingerprint density at radius 3 is 2.84 bits per heavy atom. The van der Waals surface area contributed by atoms with Gasteiger partial charge in [0.15, 0.2) is 0 Å². The molecular weight excluding hydrogens is 288 g/mol. The minimum atomic E-state index is -0.309. The Morgan fingerprint density at radius 1 is 1.47 bits per heavy atom. The molecule has 5 nitrogen and oxygen atoms in total. The molecule has 0 aliphatic heterocycles. The molecule has 3 N–H and O–H groups in total. The molecule has 0 bridgehead atoms. The van der Waals surface area contributed by atoms with Gasteiger partial charge in [-0.25, -0.2) is 0 Å². The molecule has 1 aromatic carbocycles. The zero-order valence-corrected chi connectivity index (χ0v) is 12.0. The Kier molecular flexibility index (Phi) is 6.72. The van der Waals surface area contributed by atoms with E-state index in [1.165, 1.54) is 0 Å². The number of thiocarbonyl (C=S) groups is 1. The van der Waals surface area contributed by atoms with Crippen molar-refractivity contribution in [2.75, 3.05) is 32.2 Å². The minimum absolute atomic E-state index is 0.0767. The molecule has 0 radical (unpaired) electrons. The summed E-state index contributed by atoms with van der Waals surface area (Å²) in [6.07, 6.45) is 0. The number of nitrogens with one attached hydrogen (secondary N) is 1. The highest BCUT2D eigenvalue weighted by molar-refractivity contribution is 7.80. The van der Waals surface area contributed by atoms with E-state index in [1.807, 2.05) is 0 Å². The molecule has 1 aromatic rings. The number of hydrogen-bond donors (Lipinski definition) is 2. The number of benzene rings is 1. The number of amides is 1. The lowest BCUT2D eigenvalue weighted by Crippen LogP contribution is -2.22. The second-order valence-corrected chi connectivity index (χ2v) is 4.52. The molecule has 7 heteroatoms. The molecule has 104 valence electrons. The summed E-state index contributed by atoms with van der Waals surface area (Å²) in [5.41, 5.74) is 6.60. The number of ether oxygens (including phenoxy) is 2. The number of carbonyl (C=O) groups is 1. The maximum absolute atomic E-state index is 11.7. The van der Waals surface area contributed by atoms with Crippen molar-refractivity contribution in [3.63, 3.8) is 0 Å². The van der Waals surface area contributed by atoms with E-state index < -0.39 is 0 Å². The van der Waals surface area contributed by atoms with E-state index in [2.05, 4.69) is 5.32 Å². The monoisotopic (exact) mass is 302 g/mol. The number of carbonyl (C=O) groups excluding carboxylic acids is 1. The van der Waals surface area contributed by atoms with Gasteiger partial charge in [0, 0.05) is 17.7 Å². The fraction of sp³-hybridized carbons (Fsp3) is 0.333. The summed E-state index contributed by atoms with van der Waals surface area (Å²) in [7, 11) is 1.56. The molecule has 0 aliphatic carbocycles.